The zero-order chi connectivity index (χ0) is 11.4. The lowest BCUT2D eigenvalue weighted by atomic mass is 10.2. The number of thiocarbonyl (C=S) groups is 1. The summed E-state index contributed by atoms with van der Waals surface area (Å²) in [4.78, 5) is 10.7. The molecule has 15 heavy (non-hydrogen) atoms. The number of carboxylic acids is 1. The van der Waals surface area contributed by atoms with Gasteiger partial charge in [-0.3, -0.25) is 0 Å². The second-order valence-corrected chi connectivity index (χ2v) is 3.52. The highest BCUT2D eigenvalue weighted by Crippen LogP contribution is 2.20. The van der Waals surface area contributed by atoms with Crippen molar-refractivity contribution in [3.63, 3.8) is 0 Å². The SMILES string of the molecule is CNC(=S)Nc1ccc(C(=O)O)c(Cl)c1. The van der Waals surface area contributed by atoms with Gasteiger partial charge in [0.05, 0.1) is 10.6 Å². The van der Waals surface area contributed by atoms with Gasteiger partial charge >= 0.3 is 5.97 Å². The highest BCUT2D eigenvalue weighted by Gasteiger charge is 2.08. The first-order valence-corrected chi connectivity index (χ1v) is 4.85. The molecule has 0 saturated heterocycles. The fraction of sp³-hybridized carbons (Fsp3) is 0.111. The second kappa shape index (κ2) is 4.95. The van der Waals surface area contributed by atoms with Crippen molar-refractivity contribution in [1.29, 1.82) is 0 Å². The Morgan fingerprint density at radius 3 is 2.67 bits per heavy atom. The summed E-state index contributed by atoms with van der Waals surface area (Å²) in [7, 11) is 1.68. The quantitative estimate of drug-likeness (QED) is 0.695. The van der Waals surface area contributed by atoms with Gasteiger partial charge < -0.3 is 15.7 Å². The van der Waals surface area contributed by atoms with Crippen molar-refractivity contribution >= 4 is 40.6 Å². The van der Waals surface area contributed by atoms with Gasteiger partial charge in [0.25, 0.3) is 0 Å². The van der Waals surface area contributed by atoms with Gasteiger partial charge in [-0.25, -0.2) is 4.79 Å². The molecule has 0 fully saturated rings. The average Bonchev–Trinajstić information content (AvgIpc) is 2.17. The van der Waals surface area contributed by atoms with Crippen molar-refractivity contribution in [2.45, 2.75) is 0 Å². The summed E-state index contributed by atoms with van der Waals surface area (Å²) >= 11 is 10.6. The molecule has 0 aliphatic heterocycles. The van der Waals surface area contributed by atoms with Crippen molar-refractivity contribution in [2.75, 3.05) is 12.4 Å². The summed E-state index contributed by atoms with van der Waals surface area (Å²) in [6, 6.07) is 4.53. The van der Waals surface area contributed by atoms with Crippen LogP contribution in [0.15, 0.2) is 18.2 Å². The molecule has 0 aliphatic rings. The number of benzene rings is 1. The number of aromatic carboxylic acids is 1. The Labute approximate surface area is 97.2 Å². The average molecular weight is 245 g/mol. The third-order valence-corrected chi connectivity index (χ3v) is 2.30. The largest absolute Gasteiger partial charge is 0.478 e. The number of rotatable bonds is 2. The molecule has 0 bridgehead atoms. The molecule has 1 rings (SSSR count). The number of anilines is 1. The number of hydrogen-bond donors (Lipinski definition) is 3. The minimum Gasteiger partial charge on any atom is -0.478 e. The normalized spacial score (nSPS) is 9.47. The van der Waals surface area contributed by atoms with Crippen LogP contribution in [0.1, 0.15) is 10.4 Å². The molecular formula is C9H9ClN2O2S. The Kier molecular flexibility index (Phi) is 3.88. The number of nitrogens with one attached hydrogen (secondary N) is 2. The second-order valence-electron chi connectivity index (χ2n) is 2.70. The van der Waals surface area contributed by atoms with E-state index in [-0.39, 0.29) is 10.6 Å². The molecule has 0 amide bonds. The molecule has 6 heteroatoms. The smallest absolute Gasteiger partial charge is 0.337 e. The minimum absolute atomic E-state index is 0.0672. The Morgan fingerprint density at radius 2 is 2.20 bits per heavy atom. The van der Waals surface area contributed by atoms with Gasteiger partial charge in [-0.05, 0) is 30.4 Å². The minimum atomic E-state index is -1.05. The van der Waals surface area contributed by atoms with Crippen LogP contribution >= 0.6 is 23.8 Å². The number of carboxylic acid groups (broad SMARTS) is 1. The summed E-state index contributed by atoms with van der Waals surface area (Å²) in [5.41, 5.74) is 0.710. The maximum atomic E-state index is 10.7. The predicted octanol–water partition coefficient (Wildman–Crippen LogP) is 1.95. The standard InChI is InChI=1S/C9H9ClN2O2S/c1-11-9(15)12-5-2-3-6(8(13)14)7(10)4-5/h2-4H,1H3,(H,13,14)(H2,11,12,15). The maximum absolute atomic E-state index is 10.7. The fourth-order valence-corrected chi connectivity index (χ4v) is 1.34. The first kappa shape index (κ1) is 11.7. The molecule has 0 unspecified atom stereocenters. The number of halogens is 1. The third-order valence-electron chi connectivity index (χ3n) is 1.68. The number of hydrogen-bond acceptors (Lipinski definition) is 2. The molecule has 3 N–H and O–H groups in total. The van der Waals surface area contributed by atoms with Crippen LogP contribution in [-0.2, 0) is 0 Å². The van der Waals surface area contributed by atoms with Crippen molar-refractivity contribution in [2.24, 2.45) is 0 Å². The van der Waals surface area contributed by atoms with Gasteiger partial charge in [0.15, 0.2) is 5.11 Å². The highest BCUT2D eigenvalue weighted by atomic mass is 35.5. The molecule has 0 atom stereocenters. The Balaban J connectivity index is 2.91. The maximum Gasteiger partial charge on any atom is 0.337 e. The molecule has 0 radical (unpaired) electrons. The van der Waals surface area contributed by atoms with Gasteiger partial charge in [0.1, 0.15) is 0 Å². The summed E-state index contributed by atoms with van der Waals surface area (Å²) < 4.78 is 0. The van der Waals surface area contributed by atoms with E-state index in [1.165, 1.54) is 12.1 Å². The molecule has 80 valence electrons. The molecule has 0 heterocycles. The Hall–Kier alpha value is -1.33. The molecule has 0 saturated carbocycles. The Bertz CT molecular complexity index is 409. The zero-order valence-electron chi connectivity index (χ0n) is 7.87. The summed E-state index contributed by atoms with van der Waals surface area (Å²) in [6.07, 6.45) is 0. The van der Waals surface area contributed by atoms with Crippen LogP contribution in [0, 0.1) is 0 Å². The van der Waals surface area contributed by atoms with Crippen LogP contribution in [0.4, 0.5) is 5.69 Å². The van der Waals surface area contributed by atoms with Crippen molar-refractivity contribution < 1.29 is 9.90 Å². The zero-order valence-corrected chi connectivity index (χ0v) is 9.45. The lowest BCUT2D eigenvalue weighted by Crippen LogP contribution is -2.24. The number of carbonyl (C=O) groups is 1. The van der Waals surface area contributed by atoms with E-state index in [1.807, 2.05) is 0 Å². The van der Waals surface area contributed by atoms with Crippen LogP contribution in [0.25, 0.3) is 0 Å². The van der Waals surface area contributed by atoms with Gasteiger partial charge in [-0.2, -0.15) is 0 Å². The molecular weight excluding hydrogens is 236 g/mol. The van der Waals surface area contributed by atoms with E-state index in [0.29, 0.717) is 10.8 Å². The summed E-state index contributed by atoms with van der Waals surface area (Å²) in [5, 5.41) is 14.9. The van der Waals surface area contributed by atoms with Gasteiger partial charge in [0.2, 0.25) is 0 Å². The van der Waals surface area contributed by atoms with E-state index in [0.717, 1.165) is 0 Å². The van der Waals surface area contributed by atoms with Crippen LogP contribution in [0.2, 0.25) is 5.02 Å². The Morgan fingerprint density at radius 1 is 1.53 bits per heavy atom. The van der Waals surface area contributed by atoms with Crippen LogP contribution in [0.3, 0.4) is 0 Å². The lowest BCUT2D eigenvalue weighted by Gasteiger charge is -2.08. The first-order valence-electron chi connectivity index (χ1n) is 4.06. The molecule has 0 spiro atoms. The highest BCUT2D eigenvalue weighted by molar-refractivity contribution is 7.80. The van der Waals surface area contributed by atoms with E-state index in [4.69, 9.17) is 28.9 Å². The van der Waals surface area contributed by atoms with Gasteiger partial charge in [0, 0.05) is 12.7 Å². The molecule has 0 aliphatic carbocycles. The van der Waals surface area contributed by atoms with Gasteiger partial charge in [-0.1, -0.05) is 11.6 Å². The summed E-state index contributed by atoms with van der Waals surface area (Å²) in [6.45, 7) is 0. The molecule has 0 aromatic heterocycles. The summed E-state index contributed by atoms with van der Waals surface area (Å²) in [5.74, 6) is -1.05. The van der Waals surface area contributed by atoms with E-state index in [9.17, 15) is 4.79 Å². The topological polar surface area (TPSA) is 61.4 Å². The monoisotopic (exact) mass is 244 g/mol. The van der Waals surface area contributed by atoms with Crippen molar-refractivity contribution in [1.82, 2.24) is 5.32 Å². The van der Waals surface area contributed by atoms with Gasteiger partial charge in [-0.15, -0.1) is 0 Å². The fourth-order valence-electron chi connectivity index (χ4n) is 0.960. The predicted molar refractivity (Wildman–Crippen MR) is 63.7 cm³/mol. The first-order chi connectivity index (χ1) is 7.04. The van der Waals surface area contributed by atoms with Crippen LogP contribution in [-0.4, -0.2) is 23.2 Å². The van der Waals surface area contributed by atoms with E-state index in [2.05, 4.69) is 10.6 Å². The van der Waals surface area contributed by atoms with Crippen LogP contribution < -0.4 is 10.6 Å². The van der Waals surface area contributed by atoms with Crippen molar-refractivity contribution in [3.05, 3.63) is 28.8 Å². The lowest BCUT2D eigenvalue weighted by molar-refractivity contribution is 0.0697. The third kappa shape index (κ3) is 3.07. The van der Waals surface area contributed by atoms with Crippen molar-refractivity contribution in [3.8, 4) is 0 Å². The van der Waals surface area contributed by atoms with E-state index < -0.39 is 5.97 Å². The molecule has 1 aromatic rings. The molecule has 1 aromatic carbocycles. The molecule has 4 nitrogen and oxygen atoms in total. The van der Waals surface area contributed by atoms with E-state index in [1.54, 1.807) is 13.1 Å². The van der Waals surface area contributed by atoms with Crippen LogP contribution in [0.5, 0.6) is 0 Å². The van der Waals surface area contributed by atoms with E-state index >= 15 is 0 Å².